The van der Waals surface area contributed by atoms with Crippen LogP contribution in [0.1, 0.15) is 46.2 Å². The van der Waals surface area contributed by atoms with Gasteiger partial charge >= 0.3 is 5.97 Å². The molecule has 10 nitrogen and oxygen atoms in total. The lowest BCUT2D eigenvalue weighted by Crippen LogP contribution is -2.71. The van der Waals surface area contributed by atoms with Crippen molar-refractivity contribution in [2.24, 2.45) is 5.73 Å². The van der Waals surface area contributed by atoms with Gasteiger partial charge in [-0.1, -0.05) is 42.5 Å². The summed E-state index contributed by atoms with van der Waals surface area (Å²) >= 11 is 1.37. The predicted molar refractivity (Wildman–Crippen MR) is 129 cm³/mol. The number of imide groups is 1. The summed E-state index contributed by atoms with van der Waals surface area (Å²) in [5.41, 5.74) is 7.17. The minimum Gasteiger partial charge on any atom is -0.442 e. The van der Waals surface area contributed by atoms with E-state index in [4.69, 9.17) is 10.5 Å². The first kappa shape index (κ1) is 24.0. The zero-order chi connectivity index (χ0) is 25.8. The summed E-state index contributed by atoms with van der Waals surface area (Å²) in [5.74, 6) is -2.73. The van der Waals surface area contributed by atoms with Crippen molar-refractivity contribution in [2.75, 3.05) is 6.73 Å². The number of nitrogens with zero attached hydrogens (tertiary/aromatic N) is 2. The van der Waals surface area contributed by atoms with E-state index >= 15 is 0 Å². The highest BCUT2D eigenvalue weighted by atomic mass is 32.2. The van der Waals surface area contributed by atoms with Crippen LogP contribution in [0.25, 0.3) is 0 Å². The Labute approximate surface area is 211 Å². The van der Waals surface area contributed by atoms with Gasteiger partial charge in [-0.3, -0.25) is 19.2 Å². The Morgan fingerprint density at radius 3 is 2.22 bits per heavy atom. The molecule has 0 aromatic heterocycles. The molecule has 3 aliphatic heterocycles. The Morgan fingerprint density at radius 2 is 1.61 bits per heavy atom. The molecule has 0 aliphatic carbocycles. The fourth-order valence-electron chi connectivity index (χ4n) is 4.74. The van der Waals surface area contributed by atoms with E-state index < -0.39 is 64.6 Å². The van der Waals surface area contributed by atoms with Gasteiger partial charge in [0.05, 0.1) is 11.1 Å². The minimum atomic E-state index is -0.953. The number of amides is 4. The number of esters is 1. The largest absolute Gasteiger partial charge is 0.442 e. The molecule has 0 radical (unpaired) electrons. The molecule has 186 valence electrons. The molecule has 0 saturated carbocycles. The number of benzene rings is 2. The topological polar surface area (TPSA) is 139 Å². The minimum absolute atomic E-state index is 0.251. The van der Waals surface area contributed by atoms with Crippen molar-refractivity contribution in [1.29, 1.82) is 0 Å². The van der Waals surface area contributed by atoms with Crippen LogP contribution in [-0.2, 0) is 19.1 Å². The van der Waals surface area contributed by atoms with Gasteiger partial charge in [0.15, 0.2) is 6.73 Å². The molecule has 2 aromatic carbocycles. The molecular weight excluding hydrogens is 484 g/mol. The van der Waals surface area contributed by atoms with Crippen LogP contribution in [0.3, 0.4) is 0 Å². The molecule has 2 aromatic rings. The van der Waals surface area contributed by atoms with Crippen molar-refractivity contribution in [1.82, 2.24) is 15.1 Å². The highest BCUT2D eigenvalue weighted by Gasteiger charge is 2.64. The summed E-state index contributed by atoms with van der Waals surface area (Å²) in [5, 5.41) is 2.23. The predicted octanol–water partition coefficient (Wildman–Crippen LogP) is 1.03. The zero-order valence-electron chi connectivity index (χ0n) is 19.5. The molecule has 11 heteroatoms. The summed E-state index contributed by atoms with van der Waals surface area (Å²) in [4.78, 5) is 66.1. The molecule has 4 amide bonds. The van der Waals surface area contributed by atoms with Crippen LogP contribution in [-0.4, -0.2) is 68.3 Å². The van der Waals surface area contributed by atoms with Gasteiger partial charge in [-0.05, 0) is 31.5 Å². The lowest BCUT2D eigenvalue weighted by molar-refractivity contribution is -0.166. The van der Waals surface area contributed by atoms with Crippen molar-refractivity contribution in [2.45, 2.75) is 42.1 Å². The van der Waals surface area contributed by atoms with Gasteiger partial charge in [0.25, 0.3) is 11.8 Å². The maximum atomic E-state index is 13.1. The number of β-lactam (4-membered cyclic amide) rings is 1. The SMILES string of the molecule is CC1(C)S[C@@H]2[C@H](NC(=O)[C@H](N)c3ccccc3)C(=O)N2[C@H]1C(=O)OCN1C(=O)c2ccccc2C1=O. The summed E-state index contributed by atoms with van der Waals surface area (Å²) in [7, 11) is 0. The number of nitrogens with two attached hydrogens (primary N) is 1. The molecule has 0 spiro atoms. The molecule has 4 atom stereocenters. The highest BCUT2D eigenvalue weighted by Crippen LogP contribution is 2.51. The first-order valence-electron chi connectivity index (χ1n) is 11.3. The van der Waals surface area contributed by atoms with Crippen molar-refractivity contribution in [3.05, 3.63) is 71.3 Å². The van der Waals surface area contributed by atoms with Gasteiger partial charge in [0.2, 0.25) is 11.8 Å². The summed E-state index contributed by atoms with van der Waals surface area (Å²) in [6, 6.07) is 12.5. The first-order valence-corrected chi connectivity index (χ1v) is 12.2. The number of rotatable bonds is 6. The molecule has 36 heavy (non-hydrogen) atoms. The molecule has 2 fully saturated rings. The number of carbonyl (C=O) groups is 5. The summed E-state index contributed by atoms with van der Waals surface area (Å²) < 4.78 is 4.63. The average Bonchev–Trinajstić information content (AvgIpc) is 3.28. The van der Waals surface area contributed by atoms with Crippen molar-refractivity contribution in [3.8, 4) is 0 Å². The van der Waals surface area contributed by atoms with Crippen LogP contribution in [0.5, 0.6) is 0 Å². The number of fused-ring (bicyclic) bond motifs is 2. The van der Waals surface area contributed by atoms with Gasteiger partial charge in [-0.15, -0.1) is 11.8 Å². The molecule has 0 bridgehead atoms. The van der Waals surface area contributed by atoms with Crippen molar-refractivity contribution in [3.63, 3.8) is 0 Å². The van der Waals surface area contributed by atoms with E-state index in [1.165, 1.54) is 28.8 Å². The Morgan fingerprint density at radius 1 is 1.03 bits per heavy atom. The van der Waals surface area contributed by atoms with E-state index in [1.54, 1.807) is 50.2 Å². The van der Waals surface area contributed by atoms with E-state index in [-0.39, 0.29) is 11.1 Å². The normalized spacial score (nSPS) is 24.6. The highest BCUT2D eigenvalue weighted by molar-refractivity contribution is 8.01. The van der Waals surface area contributed by atoms with Crippen LogP contribution >= 0.6 is 11.8 Å². The van der Waals surface area contributed by atoms with Crippen LogP contribution in [0, 0.1) is 0 Å². The van der Waals surface area contributed by atoms with Gasteiger partial charge in [-0.2, -0.15) is 0 Å². The quantitative estimate of drug-likeness (QED) is 0.335. The van der Waals surface area contributed by atoms with E-state index in [2.05, 4.69) is 5.32 Å². The average molecular weight is 509 g/mol. The zero-order valence-corrected chi connectivity index (χ0v) is 20.4. The molecule has 3 aliphatic rings. The summed E-state index contributed by atoms with van der Waals surface area (Å²) in [6.45, 7) is 3.04. The first-order chi connectivity index (χ1) is 17.1. The molecular formula is C25H24N4O6S. The number of thioether (sulfide) groups is 1. The van der Waals surface area contributed by atoms with Gasteiger partial charge in [0.1, 0.15) is 23.5 Å². The summed E-state index contributed by atoms with van der Waals surface area (Å²) in [6.07, 6.45) is 0. The van der Waals surface area contributed by atoms with E-state index in [0.29, 0.717) is 5.56 Å². The molecule has 5 rings (SSSR count). The van der Waals surface area contributed by atoms with Gasteiger partial charge in [-0.25, -0.2) is 9.69 Å². The van der Waals surface area contributed by atoms with Crippen molar-refractivity contribution >= 4 is 41.4 Å². The van der Waals surface area contributed by atoms with Crippen molar-refractivity contribution < 1.29 is 28.7 Å². The Bertz CT molecular complexity index is 1250. The van der Waals surface area contributed by atoms with Gasteiger partial charge in [0, 0.05) is 4.75 Å². The van der Waals surface area contributed by atoms with Crippen LogP contribution in [0.4, 0.5) is 0 Å². The lowest BCUT2D eigenvalue weighted by atomic mass is 9.95. The second kappa shape index (κ2) is 8.75. The maximum Gasteiger partial charge on any atom is 0.332 e. The maximum absolute atomic E-state index is 13.1. The smallest absolute Gasteiger partial charge is 0.332 e. The second-order valence-corrected chi connectivity index (χ2v) is 11.1. The Hall–Kier alpha value is -3.70. The fraction of sp³-hybridized carbons (Fsp3) is 0.320. The molecule has 3 heterocycles. The number of hydrogen-bond acceptors (Lipinski definition) is 8. The third kappa shape index (κ3) is 3.75. The Kier molecular flexibility index (Phi) is 5.84. The second-order valence-electron chi connectivity index (χ2n) is 9.31. The lowest BCUT2D eigenvalue weighted by Gasteiger charge is -2.44. The van der Waals surface area contributed by atoms with E-state index in [1.807, 2.05) is 6.07 Å². The molecule has 0 unspecified atom stereocenters. The van der Waals surface area contributed by atoms with Crippen LogP contribution < -0.4 is 11.1 Å². The van der Waals surface area contributed by atoms with Gasteiger partial charge < -0.3 is 20.7 Å². The van der Waals surface area contributed by atoms with E-state index in [0.717, 1.165) is 4.90 Å². The Balaban J connectivity index is 1.24. The standard InChI is InChI=1S/C25H24N4O6S/c1-25(2)18(24(34)35-12-28-20(31)14-10-6-7-11-15(14)21(28)32)29-22(33)17(23(29)36-25)27-19(30)16(26)13-8-4-3-5-9-13/h3-11,16-18,23H,12,26H2,1-2H3,(H,27,30)/t16-,17-,18+,23-/m1/s1. The third-order valence-corrected chi connectivity index (χ3v) is 8.19. The van der Waals surface area contributed by atoms with Crippen LogP contribution in [0.2, 0.25) is 0 Å². The number of ether oxygens (including phenoxy) is 1. The van der Waals surface area contributed by atoms with E-state index in [9.17, 15) is 24.0 Å². The molecule has 2 saturated heterocycles. The number of hydrogen-bond donors (Lipinski definition) is 2. The van der Waals surface area contributed by atoms with Crippen LogP contribution in [0.15, 0.2) is 54.6 Å². The number of carbonyl (C=O) groups excluding carboxylic acids is 5. The molecule has 3 N–H and O–H groups in total. The third-order valence-electron chi connectivity index (χ3n) is 6.62. The monoisotopic (exact) mass is 508 g/mol. The number of nitrogens with one attached hydrogen (secondary N) is 1. The fourth-order valence-corrected chi connectivity index (χ4v) is 6.37.